The van der Waals surface area contributed by atoms with Crippen molar-refractivity contribution < 1.29 is 4.79 Å². The first-order valence-corrected chi connectivity index (χ1v) is 3.56. The highest BCUT2D eigenvalue weighted by atomic mass is 32.1. The number of amides is 1. The van der Waals surface area contributed by atoms with Crippen LogP contribution in [0.15, 0.2) is 0 Å². The summed E-state index contributed by atoms with van der Waals surface area (Å²) in [5.41, 5.74) is 0. The van der Waals surface area contributed by atoms with Crippen LogP contribution < -0.4 is 5.32 Å². The van der Waals surface area contributed by atoms with Crippen LogP contribution in [0, 0.1) is 0 Å². The lowest BCUT2D eigenvalue weighted by Crippen LogP contribution is -2.26. The van der Waals surface area contributed by atoms with Gasteiger partial charge in [0.1, 0.15) is 0 Å². The molecule has 0 aliphatic heterocycles. The molecule has 0 rings (SSSR count). The largest absolute Gasteiger partial charge is 0.355 e. The molecule has 0 saturated carbocycles. The van der Waals surface area contributed by atoms with Gasteiger partial charge in [-0.2, -0.15) is 25.3 Å². The van der Waals surface area contributed by atoms with Gasteiger partial charge in [-0.05, 0) is 0 Å². The van der Waals surface area contributed by atoms with E-state index in [2.05, 4.69) is 30.6 Å². The highest BCUT2D eigenvalue weighted by Crippen LogP contribution is 1.73. The molecule has 0 spiro atoms. The van der Waals surface area contributed by atoms with Crippen molar-refractivity contribution >= 4 is 31.2 Å². The smallest absolute Gasteiger partial charge is 0.229 e. The van der Waals surface area contributed by atoms with Gasteiger partial charge in [0, 0.05) is 12.3 Å². The van der Waals surface area contributed by atoms with Crippen LogP contribution in [-0.2, 0) is 4.79 Å². The normalized spacial score (nSPS) is 8.75. The Bertz CT molecular complexity index is 76.4. The zero-order valence-electron chi connectivity index (χ0n) is 4.42. The summed E-state index contributed by atoms with van der Waals surface area (Å²) in [5.74, 6) is 0.898. The van der Waals surface area contributed by atoms with E-state index in [1.165, 1.54) is 0 Å². The Morgan fingerprint density at radius 1 is 1.50 bits per heavy atom. The molecule has 0 fully saturated rings. The average molecular weight is 151 g/mol. The Kier molecular flexibility index (Phi) is 5.42. The van der Waals surface area contributed by atoms with Gasteiger partial charge in [0.15, 0.2) is 0 Å². The van der Waals surface area contributed by atoms with Crippen molar-refractivity contribution in [2.75, 3.05) is 18.1 Å². The van der Waals surface area contributed by atoms with E-state index in [-0.39, 0.29) is 11.7 Å². The fourth-order valence-corrected chi connectivity index (χ4v) is 0.475. The maximum absolute atomic E-state index is 10.3. The molecule has 1 N–H and O–H groups in total. The molecule has 4 heteroatoms. The van der Waals surface area contributed by atoms with Gasteiger partial charge in [-0.3, -0.25) is 4.79 Å². The predicted octanol–water partition coefficient (Wildman–Crippen LogP) is -0.0378. The van der Waals surface area contributed by atoms with Crippen LogP contribution in [0.4, 0.5) is 0 Å². The van der Waals surface area contributed by atoms with E-state index in [4.69, 9.17) is 0 Å². The molecule has 0 aromatic rings. The molecule has 0 aliphatic carbocycles. The number of nitrogens with one attached hydrogen (secondary N) is 1. The van der Waals surface area contributed by atoms with E-state index >= 15 is 0 Å². The summed E-state index contributed by atoms with van der Waals surface area (Å²) in [6.45, 7) is 0.627. The van der Waals surface area contributed by atoms with Crippen molar-refractivity contribution in [3.05, 3.63) is 0 Å². The maximum atomic E-state index is 10.3. The van der Waals surface area contributed by atoms with E-state index in [9.17, 15) is 4.79 Å². The molecule has 0 heterocycles. The van der Waals surface area contributed by atoms with Gasteiger partial charge >= 0.3 is 0 Å². The van der Waals surface area contributed by atoms with Gasteiger partial charge in [-0.1, -0.05) is 0 Å². The highest BCUT2D eigenvalue weighted by molar-refractivity contribution is 7.81. The minimum atomic E-state index is -0.0395. The van der Waals surface area contributed by atoms with E-state index in [1.807, 2.05) is 0 Å². The SMILES string of the molecule is O=C(CS)NCCS. The maximum Gasteiger partial charge on any atom is 0.229 e. The Morgan fingerprint density at radius 2 is 2.12 bits per heavy atom. The molecule has 8 heavy (non-hydrogen) atoms. The summed E-state index contributed by atoms with van der Waals surface area (Å²) in [6, 6.07) is 0. The molecule has 1 amide bonds. The molecule has 0 aromatic carbocycles. The lowest BCUT2D eigenvalue weighted by molar-refractivity contribution is -0.118. The third kappa shape index (κ3) is 4.33. The number of rotatable bonds is 3. The second-order valence-electron chi connectivity index (χ2n) is 1.23. The summed E-state index contributed by atoms with van der Waals surface area (Å²) < 4.78 is 0. The van der Waals surface area contributed by atoms with Crippen LogP contribution in [0.1, 0.15) is 0 Å². The molecule has 0 aromatic heterocycles. The zero-order chi connectivity index (χ0) is 6.41. The van der Waals surface area contributed by atoms with Gasteiger partial charge in [0.05, 0.1) is 5.75 Å². The number of carbonyl (C=O) groups is 1. The molecule has 0 saturated heterocycles. The average Bonchev–Trinajstić information content (AvgIpc) is 1.83. The molecule has 0 radical (unpaired) electrons. The van der Waals surface area contributed by atoms with Crippen LogP contribution in [0.25, 0.3) is 0 Å². The standard InChI is InChI=1S/C4H9NOS2/c6-4(3-8)5-1-2-7/h7-8H,1-3H2,(H,5,6). The lowest BCUT2D eigenvalue weighted by atomic mass is 10.6. The first kappa shape index (κ1) is 8.17. The predicted molar refractivity (Wildman–Crippen MR) is 40.7 cm³/mol. The van der Waals surface area contributed by atoms with Gasteiger partial charge < -0.3 is 5.32 Å². The molecule has 0 bridgehead atoms. The highest BCUT2D eigenvalue weighted by Gasteiger charge is 1.91. The van der Waals surface area contributed by atoms with Crippen molar-refractivity contribution in [3.8, 4) is 0 Å². The first-order valence-electron chi connectivity index (χ1n) is 2.29. The zero-order valence-corrected chi connectivity index (χ0v) is 6.21. The van der Waals surface area contributed by atoms with Crippen LogP contribution >= 0.6 is 25.3 Å². The summed E-state index contributed by atoms with van der Waals surface area (Å²) in [4.78, 5) is 10.3. The first-order chi connectivity index (χ1) is 3.81. The second-order valence-corrected chi connectivity index (χ2v) is 2.00. The van der Waals surface area contributed by atoms with Crippen molar-refractivity contribution in [1.29, 1.82) is 0 Å². The van der Waals surface area contributed by atoms with Gasteiger partial charge in [0.25, 0.3) is 0 Å². The third-order valence-corrected chi connectivity index (χ3v) is 1.09. The molecular formula is C4H9NOS2. The van der Waals surface area contributed by atoms with Crippen molar-refractivity contribution in [2.45, 2.75) is 0 Å². The monoisotopic (exact) mass is 151 g/mol. The van der Waals surface area contributed by atoms with E-state index in [0.29, 0.717) is 12.3 Å². The lowest BCUT2D eigenvalue weighted by Gasteiger charge is -1.96. The minimum Gasteiger partial charge on any atom is -0.355 e. The van der Waals surface area contributed by atoms with Crippen LogP contribution in [0.2, 0.25) is 0 Å². The minimum absolute atomic E-state index is 0.0395. The third-order valence-electron chi connectivity index (χ3n) is 0.578. The van der Waals surface area contributed by atoms with Crippen LogP contribution in [0.3, 0.4) is 0 Å². The van der Waals surface area contributed by atoms with E-state index < -0.39 is 0 Å². The van der Waals surface area contributed by atoms with Crippen LogP contribution in [0.5, 0.6) is 0 Å². The molecule has 2 nitrogen and oxygen atoms in total. The van der Waals surface area contributed by atoms with E-state index in [0.717, 1.165) is 0 Å². The topological polar surface area (TPSA) is 29.1 Å². The number of carbonyl (C=O) groups excluding carboxylic acids is 1. The molecule has 0 unspecified atom stereocenters. The summed E-state index contributed by atoms with van der Waals surface area (Å²) in [5, 5.41) is 2.59. The molecular weight excluding hydrogens is 142 g/mol. The van der Waals surface area contributed by atoms with Crippen molar-refractivity contribution in [1.82, 2.24) is 5.32 Å². The van der Waals surface area contributed by atoms with Gasteiger partial charge in [-0.25, -0.2) is 0 Å². The Balaban J connectivity index is 2.99. The number of hydrogen-bond acceptors (Lipinski definition) is 3. The van der Waals surface area contributed by atoms with Gasteiger partial charge in [0.2, 0.25) is 5.91 Å². The summed E-state index contributed by atoms with van der Waals surface area (Å²) >= 11 is 7.65. The van der Waals surface area contributed by atoms with Gasteiger partial charge in [-0.15, -0.1) is 0 Å². The fraction of sp³-hybridized carbons (Fsp3) is 0.750. The van der Waals surface area contributed by atoms with Crippen molar-refractivity contribution in [2.24, 2.45) is 0 Å². The molecule has 48 valence electrons. The quantitative estimate of drug-likeness (QED) is 0.486. The second kappa shape index (κ2) is 5.31. The fourth-order valence-electron chi connectivity index (χ4n) is 0.251. The Morgan fingerprint density at radius 3 is 2.50 bits per heavy atom. The summed E-state index contributed by atoms with van der Waals surface area (Å²) in [7, 11) is 0. The Hall–Kier alpha value is 0.170. The van der Waals surface area contributed by atoms with E-state index in [1.54, 1.807) is 0 Å². The van der Waals surface area contributed by atoms with Crippen LogP contribution in [-0.4, -0.2) is 24.0 Å². The number of thiol groups is 2. The van der Waals surface area contributed by atoms with Crippen molar-refractivity contribution in [3.63, 3.8) is 0 Å². The Labute approximate surface area is 59.9 Å². The number of hydrogen-bond donors (Lipinski definition) is 3. The molecule has 0 aliphatic rings. The summed E-state index contributed by atoms with van der Waals surface area (Å²) in [6.07, 6.45) is 0. The molecule has 0 atom stereocenters.